The molecule has 144 valence electrons. The normalized spacial score (nSPS) is 12.4. The van der Waals surface area contributed by atoms with Crippen molar-refractivity contribution in [1.82, 2.24) is 5.43 Å². The van der Waals surface area contributed by atoms with Crippen LogP contribution in [0.3, 0.4) is 0 Å². The van der Waals surface area contributed by atoms with E-state index in [4.69, 9.17) is 0 Å². The molecule has 9 heteroatoms. The van der Waals surface area contributed by atoms with E-state index in [1.165, 1.54) is 12.1 Å². The number of anilines is 2. The first-order valence-electron chi connectivity index (χ1n) is 8.03. The maximum Gasteiger partial charge on any atom is 0.269 e. The van der Waals surface area contributed by atoms with E-state index >= 15 is 0 Å². The second-order valence-electron chi connectivity index (χ2n) is 5.64. The number of amidine groups is 1. The van der Waals surface area contributed by atoms with Crippen molar-refractivity contribution in [2.45, 2.75) is 0 Å². The van der Waals surface area contributed by atoms with Gasteiger partial charge < -0.3 is 0 Å². The molecule has 0 fully saturated rings. The maximum absolute atomic E-state index is 10.9. The number of benzene rings is 3. The molecule has 0 saturated heterocycles. The highest BCUT2D eigenvalue weighted by atomic mass is 35.5. The molecule has 0 amide bonds. The number of hydrazone groups is 1. The number of nitro benzene ring substituents is 1. The minimum Gasteiger partial charge on any atom is -0.259 e. The predicted octanol–water partition coefficient (Wildman–Crippen LogP) is 4.55. The van der Waals surface area contributed by atoms with Crippen LogP contribution in [0.5, 0.6) is 0 Å². The SMILES string of the molecule is Cl.Cl.O=[N+]([O-])c1ccc(N2NC(c3ccccc3)=NN2c2ccccc2)cc1. The lowest BCUT2D eigenvalue weighted by Gasteiger charge is -2.27. The van der Waals surface area contributed by atoms with E-state index in [-0.39, 0.29) is 30.5 Å². The topological polar surface area (TPSA) is 74.0 Å². The zero-order valence-electron chi connectivity index (χ0n) is 14.5. The van der Waals surface area contributed by atoms with Crippen molar-refractivity contribution in [1.29, 1.82) is 0 Å². The molecular weight excluding hydrogens is 401 g/mol. The largest absolute Gasteiger partial charge is 0.269 e. The molecule has 0 radical (unpaired) electrons. The monoisotopic (exact) mass is 417 g/mol. The average molecular weight is 418 g/mol. The number of nitrogens with one attached hydrogen (secondary N) is 1. The molecule has 0 saturated carbocycles. The van der Waals surface area contributed by atoms with Gasteiger partial charge in [0.05, 0.1) is 16.3 Å². The van der Waals surface area contributed by atoms with Crippen LogP contribution in [0.15, 0.2) is 90.0 Å². The average Bonchev–Trinajstić information content (AvgIpc) is 3.15. The van der Waals surface area contributed by atoms with Crippen LogP contribution in [-0.4, -0.2) is 10.8 Å². The Morgan fingerprint density at radius 2 is 1.36 bits per heavy atom. The third-order valence-electron chi connectivity index (χ3n) is 3.94. The maximum atomic E-state index is 10.9. The number of hydrogen-bond acceptors (Lipinski definition) is 6. The van der Waals surface area contributed by atoms with E-state index in [2.05, 4.69) is 10.5 Å². The summed E-state index contributed by atoms with van der Waals surface area (Å²) in [7, 11) is 0. The molecule has 1 N–H and O–H groups in total. The summed E-state index contributed by atoms with van der Waals surface area (Å²) in [6.07, 6.45) is 0. The van der Waals surface area contributed by atoms with Gasteiger partial charge in [-0.1, -0.05) is 48.5 Å². The van der Waals surface area contributed by atoms with E-state index in [1.807, 2.05) is 60.7 Å². The van der Waals surface area contributed by atoms with Crippen LogP contribution in [0.1, 0.15) is 5.56 Å². The lowest BCUT2D eigenvalue weighted by atomic mass is 10.2. The number of rotatable bonds is 4. The summed E-state index contributed by atoms with van der Waals surface area (Å²) >= 11 is 0. The van der Waals surface area contributed by atoms with Crippen molar-refractivity contribution >= 4 is 47.7 Å². The lowest BCUT2D eigenvalue weighted by molar-refractivity contribution is -0.384. The fourth-order valence-corrected chi connectivity index (χ4v) is 2.65. The third-order valence-corrected chi connectivity index (χ3v) is 3.94. The second-order valence-corrected chi connectivity index (χ2v) is 5.64. The number of halogens is 2. The molecule has 0 spiro atoms. The number of non-ortho nitro benzene ring substituents is 1. The molecule has 7 nitrogen and oxygen atoms in total. The van der Waals surface area contributed by atoms with Crippen LogP contribution in [0, 0.1) is 10.1 Å². The zero-order valence-corrected chi connectivity index (χ0v) is 16.1. The van der Waals surface area contributed by atoms with Crippen LogP contribution in [0.4, 0.5) is 17.1 Å². The van der Waals surface area contributed by atoms with Gasteiger partial charge in [0.1, 0.15) is 0 Å². The Labute approximate surface area is 174 Å². The summed E-state index contributed by atoms with van der Waals surface area (Å²) in [5, 5.41) is 19.1. The fraction of sp³-hybridized carbons (Fsp3) is 0. The van der Waals surface area contributed by atoms with Crippen LogP contribution < -0.4 is 15.7 Å². The van der Waals surface area contributed by atoms with E-state index in [9.17, 15) is 10.1 Å². The first-order chi connectivity index (χ1) is 12.7. The molecule has 3 aromatic carbocycles. The van der Waals surface area contributed by atoms with E-state index < -0.39 is 4.92 Å². The van der Waals surface area contributed by atoms with E-state index in [0.717, 1.165) is 16.9 Å². The molecule has 28 heavy (non-hydrogen) atoms. The van der Waals surface area contributed by atoms with Crippen molar-refractivity contribution in [2.75, 3.05) is 10.2 Å². The van der Waals surface area contributed by atoms with E-state index in [0.29, 0.717) is 5.84 Å². The molecule has 0 aliphatic carbocycles. The van der Waals surface area contributed by atoms with Gasteiger partial charge in [0.25, 0.3) is 5.69 Å². The third kappa shape index (κ3) is 4.16. The van der Waals surface area contributed by atoms with Gasteiger partial charge in [0.15, 0.2) is 5.84 Å². The number of nitro groups is 1. The molecule has 4 rings (SSSR count). The summed E-state index contributed by atoms with van der Waals surface area (Å²) in [4.78, 5) is 10.5. The first-order valence-corrected chi connectivity index (χ1v) is 8.03. The molecular formula is C19H17Cl2N5O2. The van der Waals surface area contributed by atoms with Crippen LogP contribution in [-0.2, 0) is 0 Å². The van der Waals surface area contributed by atoms with Crippen molar-refractivity contribution in [2.24, 2.45) is 5.10 Å². The Kier molecular flexibility index (Phi) is 6.81. The Morgan fingerprint density at radius 1 is 0.786 bits per heavy atom. The van der Waals surface area contributed by atoms with E-state index in [1.54, 1.807) is 22.4 Å². The zero-order chi connectivity index (χ0) is 17.9. The minimum atomic E-state index is -0.415. The van der Waals surface area contributed by atoms with Gasteiger partial charge in [0.2, 0.25) is 0 Å². The lowest BCUT2D eigenvalue weighted by Crippen LogP contribution is -2.44. The minimum absolute atomic E-state index is 0. The summed E-state index contributed by atoms with van der Waals surface area (Å²) in [5.74, 6) is 0.688. The highest BCUT2D eigenvalue weighted by molar-refractivity contribution is 6.02. The standard InChI is InChI=1S/C19H15N5O2.2ClH/c25-24(26)18-13-11-17(12-14-18)23-21-19(15-7-3-1-4-8-15)20-22(23)16-9-5-2-6-10-16;;/h1-14H,(H,20,21);2*1H. The highest BCUT2D eigenvalue weighted by Gasteiger charge is 2.26. The molecule has 0 atom stereocenters. The Balaban J connectivity index is 0.00000140. The summed E-state index contributed by atoms with van der Waals surface area (Å²) in [6.45, 7) is 0. The highest BCUT2D eigenvalue weighted by Crippen LogP contribution is 2.27. The molecule has 0 bridgehead atoms. The number of nitrogens with zero attached hydrogens (tertiary/aromatic N) is 4. The second kappa shape index (κ2) is 9.07. The van der Waals surface area contributed by atoms with Gasteiger partial charge in [-0.25, -0.2) is 0 Å². The molecule has 0 aromatic heterocycles. The summed E-state index contributed by atoms with van der Waals surface area (Å²) in [5.41, 5.74) is 5.84. The quantitative estimate of drug-likeness (QED) is 0.497. The van der Waals surface area contributed by atoms with Crippen molar-refractivity contribution < 1.29 is 4.92 Å². The smallest absolute Gasteiger partial charge is 0.259 e. The first kappa shape index (κ1) is 21.0. The van der Waals surface area contributed by atoms with Crippen molar-refractivity contribution in [3.05, 3.63) is 101 Å². The van der Waals surface area contributed by atoms with Gasteiger partial charge >= 0.3 is 0 Å². The predicted molar refractivity (Wildman–Crippen MR) is 115 cm³/mol. The number of para-hydroxylation sites is 1. The van der Waals surface area contributed by atoms with Crippen molar-refractivity contribution in [3.8, 4) is 0 Å². The van der Waals surface area contributed by atoms with Crippen molar-refractivity contribution in [3.63, 3.8) is 0 Å². The van der Waals surface area contributed by atoms with Crippen LogP contribution >= 0.6 is 24.8 Å². The molecule has 1 heterocycles. The molecule has 3 aromatic rings. The fourth-order valence-electron chi connectivity index (χ4n) is 2.65. The van der Waals surface area contributed by atoms with Gasteiger partial charge in [0, 0.05) is 17.7 Å². The Morgan fingerprint density at radius 3 is 1.93 bits per heavy atom. The molecule has 1 aliphatic heterocycles. The summed E-state index contributed by atoms with van der Waals surface area (Å²) in [6, 6.07) is 25.8. The number of hydrazine groups is 2. The summed E-state index contributed by atoms with van der Waals surface area (Å²) < 4.78 is 0. The number of hydrogen-bond donors (Lipinski definition) is 1. The Bertz CT molecular complexity index is 953. The van der Waals surface area contributed by atoms with Gasteiger partial charge in [-0.15, -0.1) is 29.9 Å². The Hall–Kier alpha value is -3.29. The van der Waals surface area contributed by atoms with Crippen LogP contribution in [0.2, 0.25) is 0 Å². The molecule has 1 aliphatic rings. The van der Waals surface area contributed by atoms with Gasteiger partial charge in [-0.05, 0) is 24.3 Å². The van der Waals surface area contributed by atoms with Crippen LogP contribution in [0.25, 0.3) is 0 Å². The van der Waals surface area contributed by atoms with Gasteiger partial charge in [-0.3, -0.25) is 15.5 Å². The molecule has 0 unspecified atom stereocenters. The van der Waals surface area contributed by atoms with Gasteiger partial charge in [-0.2, -0.15) is 10.2 Å².